The number of rotatable bonds is 10. The molecule has 9 nitrogen and oxygen atoms in total. The maximum absolute atomic E-state index is 11.9. The number of benzene rings is 1. The van der Waals surface area contributed by atoms with Crippen LogP contribution in [-0.2, 0) is 25.5 Å². The molecule has 3 amide bonds. The SMILES string of the molecule is COCCNC(=O)C(=O)N/N=C(\C)CC(=O)NCCc1ccc(OC)cc1. The largest absolute Gasteiger partial charge is 0.497 e. The molecule has 0 radical (unpaired) electrons. The highest BCUT2D eigenvalue weighted by Gasteiger charge is 2.12. The van der Waals surface area contributed by atoms with E-state index in [-0.39, 0.29) is 18.9 Å². The fourth-order valence-electron chi connectivity index (χ4n) is 2.02. The van der Waals surface area contributed by atoms with E-state index in [9.17, 15) is 14.4 Å². The van der Waals surface area contributed by atoms with Crippen LogP contribution in [0.4, 0.5) is 0 Å². The quantitative estimate of drug-likeness (QED) is 0.229. The third-order valence-corrected chi connectivity index (χ3v) is 3.46. The zero-order chi connectivity index (χ0) is 20.1. The highest BCUT2D eigenvalue weighted by molar-refractivity contribution is 6.35. The van der Waals surface area contributed by atoms with Gasteiger partial charge in [0, 0.05) is 25.9 Å². The first-order valence-electron chi connectivity index (χ1n) is 8.46. The van der Waals surface area contributed by atoms with Crippen molar-refractivity contribution in [1.29, 1.82) is 0 Å². The number of amides is 3. The van der Waals surface area contributed by atoms with Crippen LogP contribution in [0.3, 0.4) is 0 Å². The van der Waals surface area contributed by atoms with Crippen molar-refractivity contribution in [3.63, 3.8) is 0 Å². The van der Waals surface area contributed by atoms with E-state index in [0.717, 1.165) is 11.3 Å². The van der Waals surface area contributed by atoms with Crippen LogP contribution in [-0.4, -0.2) is 57.3 Å². The summed E-state index contributed by atoms with van der Waals surface area (Å²) in [7, 11) is 3.09. The van der Waals surface area contributed by atoms with Gasteiger partial charge in [-0.3, -0.25) is 14.4 Å². The molecular formula is C18H26N4O5. The van der Waals surface area contributed by atoms with Gasteiger partial charge in [0.2, 0.25) is 5.91 Å². The zero-order valence-corrected chi connectivity index (χ0v) is 15.8. The highest BCUT2D eigenvalue weighted by Crippen LogP contribution is 2.11. The van der Waals surface area contributed by atoms with Crippen LogP contribution in [0.2, 0.25) is 0 Å². The molecule has 0 saturated heterocycles. The van der Waals surface area contributed by atoms with E-state index in [1.54, 1.807) is 14.0 Å². The first-order chi connectivity index (χ1) is 13.0. The number of methoxy groups -OCH3 is 2. The Morgan fingerprint density at radius 1 is 1.00 bits per heavy atom. The Hall–Kier alpha value is -2.94. The molecule has 0 aliphatic carbocycles. The van der Waals surface area contributed by atoms with Crippen LogP contribution in [0, 0.1) is 0 Å². The van der Waals surface area contributed by atoms with Gasteiger partial charge in [-0.25, -0.2) is 5.43 Å². The maximum Gasteiger partial charge on any atom is 0.329 e. The Kier molecular flexibility index (Phi) is 10.2. The van der Waals surface area contributed by atoms with Gasteiger partial charge in [0.1, 0.15) is 5.75 Å². The molecule has 9 heteroatoms. The van der Waals surface area contributed by atoms with Crippen LogP contribution >= 0.6 is 0 Å². The Morgan fingerprint density at radius 2 is 1.70 bits per heavy atom. The van der Waals surface area contributed by atoms with Gasteiger partial charge in [-0.2, -0.15) is 5.10 Å². The average Bonchev–Trinajstić information content (AvgIpc) is 2.66. The van der Waals surface area contributed by atoms with E-state index in [1.807, 2.05) is 24.3 Å². The van der Waals surface area contributed by atoms with Crippen LogP contribution in [0.25, 0.3) is 0 Å². The van der Waals surface area contributed by atoms with Gasteiger partial charge in [0.15, 0.2) is 0 Å². The molecule has 0 heterocycles. The highest BCUT2D eigenvalue weighted by atomic mass is 16.5. The molecule has 0 aromatic heterocycles. The van der Waals surface area contributed by atoms with Crippen molar-refractivity contribution in [1.82, 2.24) is 16.1 Å². The van der Waals surface area contributed by atoms with Gasteiger partial charge in [-0.05, 0) is 31.0 Å². The standard InChI is InChI=1S/C18H26N4O5/c1-13(21-22-18(25)17(24)20-10-11-26-2)12-16(23)19-9-8-14-4-6-15(27-3)7-5-14/h4-7H,8-12H2,1-3H3,(H,19,23)(H,20,24)(H,22,25)/b21-13+. The number of hydrogen-bond donors (Lipinski definition) is 3. The van der Waals surface area contributed by atoms with Gasteiger partial charge < -0.3 is 20.1 Å². The van der Waals surface area contributed by atoms with Gasteiger partial charge in [0.05, 0.1) is 20.1 Å². The summed E-state index contributed by atoms with van der Waals surface area (Å²) in [5.41, 5.74) is 3.57. The fourth-order valence-corrected chi connectivity index (χ4v) is 2.02. The predicted octanol–water partition coefficient (Wildman–Crippen LogP) is -0.00130. The molecule has 148 valence electrons. The van der Waals surface area contributed by atoms with E-state index < -0.39 is 11.8 Å². The van der Waals surface area contributed by atoms with Crippen molar-refractivity contribution < 1.29 is 23.9 Å². The molecule has 1 aromatic carbocycles. The molecule has 27 heavy (non-hydrogen) atoms. The minimum absolute atomic E-state index is 0.0220. The fraction of sp³-hybridized carbons (Fsp3) is 0.444. The monoisotopic (exact) mass is 378 g/mol. The molecule has 0 fully saturated rings. The van der Waals surface area contributed by atoms with Crippen molar-refractivity contribution in [2.75, 3.05) is 33.9 Å². The lowest BCUT2D eigenvalue weighted by molar-refractivity contribution is -0.139. The van der Waals surface area contributed by atoms with E-state index in [2.05, 4.69) is 21.2 Å². The van der Waals surface area contributed by atoms with Crippen LogP contribution in [0.15, 0.2) is 29.4 Å². The average molecular weight is 378 g/mol. The number of carbonyl (C=O) groups excluding carboxylic acids is 3. The number of nitrogens with one attached hydrogen (secondary N) is 3. The molecule has 1 rings (SSSR count). The van der Waals surface area contributed by atoms with E-state index >= 15 is 0 Å². The summed E-state index contributed by atoms with van der Waals surface area (Å²) in [5.74, 6) is -1.15. The lowest BCUT2D eigenvalue weighted by Gasteiger charge is -2.07. The molecule has 3 N–H and O–H groups in total. The van der Waals surface area contributed by atoms with Crippen molar-refractivity contribution in [3.8, 4) is 5.75 Å². The Morgan fingerprint density at radius 3 is 2.33 bits per heavy atom. The maximum atomic E-state index is 11.9. The van der Waals surface area contributed by atoms with Crippen LogP contribution in [0.5, 0.6) is 5.75 Å². The number of carbonyl (C=O) groups is 3. The van der Waals surface area contributed by atoms with Gasteiger partial charge in [-0.1, -0.05) is 12.1 Å². The molecule has 0 spiro atoms. The molecule has 0 aliphatic heterocycles. The molecule has 0 atom stereocenters. The summed E-state index contributed by atoms with van der Waals surface area (Å²) in [6, 6.07) is 7.60. The lowest BCUT2D eigenvalue weighted by atomic mass is 10.1. The Balaban J connectivity index is 2.28. The zero-order valence-electron chi connectivity index (χ0n) is 15.8. The number of nitrogens with zero attached hydrogens (tertiary/aromatic N) is 1. The van der Waals surface area contributed by atoms with Crippen molar-refractivity contribution >= 4 is 23.4 Å². The van der Waals surface area contributed by atoms with Crippen LogP contribution < -0.4 is 20.8 Å². The summed E-state index contributed by atoms with van der Waals surface area (Å²) in [6.45, 7) is 2.60. The normalized spacial score (nSPS) is 10.9. The number of hydrazone groups is 1. The molecule has 0 unspecified atom stereocenters. The Labute approximate surface area is 158 Å². The summed E-state index contributed by atoms with van der Waals surface area (Å²) in [5, 5.41) is 8.89. The van der Waals surface area contributed by atoms with Crippen molar-refractivity contribution in [3.05, 3.63) is 29.8 Å². The summed E-state index contributed by atoms with van der Waals surface area (Å²) in [6.07, 6.45) is 0.707. The van der Waals surface area contributed by atoms with Crippen LogP contribution in [0.1, 0.15) is 18.9 Å². The summed E-state index contributed by atoms with van der Waals surface area (Å²) in [4.78, 5) is 34.8. The Bertz CT molecular complexity index is 658. The van der Waals surface area contributed by atoms with E-state index in [4.69, 9.17) is 9.47 Å². The first-order valence-corrected chi connectivity index (χ1v) is 8.46. The molecular weight excluding hydrogens is 352 g/mol. The second-order valence-corrected chi connectivity index (χ2v) is 5.66. The lowest BCUT2D eigenvalue weighted by Crippen LogP contribution is -2.39. The van der Waals surface area contributed by atoms with Crippen molar-refractivity contribution in [2.24, 2.45) is 5.10 Å². The smallest absolute Gasteiger partial charge is 0.329 e. The second kappa shape index (κ2) is 12.4. The summed E-state index contributed by atoms with van der Waals surface area (Å²) >= 11 is 0. The predicted molar refractivity (Wildman–Crippen MR) is 100 cm³/mol. The van der Waals surface area contributed by atoms with Gasteiger partial charge in [-0.15, -0.1) is 0 Å². The van der Waals surface area contributed by atoms with E-state index in [1.165, 1.54) is 7.11 Å². The van der Waals surface area contributed by atoms with Crippen molar-refractivity contribution in [2.45, 2.75) is 19.8 Å². The number of ether oxygens (including phenoxy) is 2. The van der Waals surface area contributed by atoms with Gasteiger partial charge in [0.25, 0.3) is 0 Å². The molecule has 0 saturated carbocycles. The third kappa shape index (κ3) is 9.36. The second-order valence-electron chi connectivity index (χ2n) is 5.66. The number of hydrogen-bond acceptors (Lipinski definition) is 6. The molecule has 0 bridgehead atoms. The molecule has 0 aliphatic rings. The minimum atomic E-state index is -0.898. The first kappa shape index (κ1) is 22.1. The third-order valence-electron chi connectivity index (χ3n) is 3.46. The summed E-state index contributed by atoms with van der Waals surface area (Å²) < 4.78 is 9.85. The topological polar surface area (TPSA) is 118 Å². The molecule has 1 aromatic rings. The van der Waals surface area contributed by atoms with Gasteiger partial charge >= 0.3 is 11.8 Å². The van der Waals surface area contributed by atoms with E-state index in [0.29, 0.717) is 25.3 Å². The minimum Gasteiger partial charge on any atom is -0.497 e.